The second-order valence-corrected chi connectivity index (χ2v) is 6.06. The van der Waals surface area contributed by atoms with E-state index < -0.39 is 6.67 Å². The highest BCUT2D eigenvalue weighted by Crippen LogP contribution is 2.34. The predicted molar refractivity (Wildman–Crippen MR) is 89.0 cm³/mol. The van der Waals surface area contributed by atoms with E-state index >= 15 is 0 Å². The molecule has 0 aliphatic carbocycles. The molecule has 0 unspecified atom stereocenters. The molecular formula is C18H19ClFNO2. The number of nitrogens with one attached hydrogen (secondary N) is 1. The van der Waals surface area contributed by atoms with Crippen LogP contribution in [0.3, 0.4) is 0 Å². The fourth-order valence-corrected chi connectivity index (χ4v) is 2.55. The maximum Gasteiger partial charge on any atom is 0.163 e. The minimum absolute atomic E-state index is 0.140. The largest absolute Gasteiger partial charge is 0.484 e. The van der Waals surface area contributed by atoms with Gasteiger partial charge in [-0.2, -0.15) is 0 Å². The van der Waals surface area contributed by atoms with E-state index in [0.29, 0.717) is 22.1 Å². The van der Waals surface area contributed by atoms with Gasteiger partial charge in [0, 0.05) is 24.2 Å². The summed E-state index contributed by atoms with van der Waals surface area (Å²) >= 11 is 6.06. The van der Waals surface area contributed by atoms with Crippen molar-refractivity contribution in [3.63, 3.8) is 0 Å². The lowest BCUT2D eigenvalue weighted by Crippen LogP contribution is -2.50. The van der Waals surface area contributed by atoms with E-state index in [9.17, 15) is 4.39 Å². The number of benzene rings is 2. The number of alkyl halides is 1. The van der Waals surface area contributed by atoms with Crippen LogP contribution in [-0.4, -0.2) is 19.2 Å². The van der Waals surface area contributed by atoms with Crippen molar-refractivity contribution < 1.29 is 13.9 Å². The molecule has 1 N–H and O–H groups in total. The second kappa shape index (κ2) is 7.20. The van der Waals surface area contributed by atoms with Crippen molar-refractivity contribution in [2.75, 3.05) is 13.1 Å². The van der Waals surface area contributed by atoms with E-state index in [-0.39, 0.29) is 12.2 Å². The van der Waals surface area contributed by atoms with Crippen LogP contribution in [0, 0.1) is 0 Å². The van der Waals surface area contributed by atoms with Crippen LogP contribution < -0.4 is 14.8 Å². The van der Waals surface area contributed by atoms with Gasteiger partial charge in [-0.3, -0.25) is 0 Å². The summed E-state index contributed by atoms with van der Waals surface area (Å²) in [4.78, 5) is 0. The second-order valence-electron chi connectivity index (χ2n) is 5.63. The van der Waals surface area contributed by atoms with E-state index in [1.807, 2.05) is 25.1 Å². The standard InChI is InChI=1S/C18H19ClFNO2/c1-12(14-4-2-3-13(7-14)9-20)22-17-6-5-15(19)8-18(17)23-16-10-21-11-16/h2-8,12,16,21H,9-11H2,1H3/t12-/m0/s1. The molecule has 3 rings (SSSR count). The van der Waals surface area contributed by atoms with Gasteiger partial charge in [-0.1, -0.05) is 29.8 Å². The van der Waals surface area contributed by atoms with E-state index in [0.717, 1.165) is 18.7 Å². The number of hydrogen-bond donors (Lipinski definition) is 1. The first-order valence-electron chi connectivity index (χ1n) is 7.64. The highest BCUT2D eigenvalue weighted by molar-refractivity contribution is 6.30. The molecule has 1 fully saturated rings. The van der Waals surface area contributed by atoms with Gasteiger partial charge in [-0.25, -0.2) is 4.39 Å². The van der Waals surface area contributed by atoms with E-state index in [2.05, 4.69) is 5.32 Å². The third-order valence-electron chi connectivity index (χ3n) is 3.82. The summed E-state index contributed by atoms with van der Waals surface area (Å²) < 4.78 is 24.8. The topological polar surface area (TPSA) is 30.5 Å². The lowest BCUT2D eigenvalue weighted by molar-refractivity contribution is 0.129. The van der Waals surface area contributed by atoms with Crippen molar-refractivity contribution in [1.29, 1.82) is 0 Å². The molecule has 0 saturated carbocycles. The van der Waals surface area contributed by atoms with Crippen LogP contribution in [0.1, 0.15) is 24.2 Å². The molecule has 1 aliphatic rings. The smallest absolute Gasteiger partial charge is 0.163 e. The van der Waals surface area contributed by atoms with Crippen molar-refractivity contribution in [1.82, 2.24) is 5.32 Å². The molecule has 0 spiro atoms. The fraction of sp³-hybridized carbons (Fsp3) is 0.333. The first-order valence-corrected chi connectivity index (χ1v) is 8.02. The van der Waals surface area contributed by atoms with Gasteiger partial charge < -0.3 is 14.8 Å². The quantitative estimate of drug-likeness (QED) is 0.853. The Morgan fingerprint density at radius 3 is 2.74 bits per heavy atom. The van der Waals surface area contributed by atoms with Gasteiger partial charge in [0.15, 0.2) is 11.5 Å². The lowest BCUT2D eigenvalue weighted by Gasteiger charge is -2.29. The SMILES string of the molecule is C[C@H](Oc1ccc(Cl)cc1OC1CNC1)c1cccc(CF)c1. The molecule has 0 bridgehead atoms. The van der Waals surface area contributed by atoms with E-state index in [1.54, 1.807) is 24.3 Å². The Morgan fingerprint density at radius 1 is 1.22 bits per heavy atom. The fourth-order valence-electron chi connectivity index (χ4n) is 2.38. The summed E-state index contributed by atoms with van der Waals surface area (Å²) in [6.07, 6.45) is -0.0782. The summed E-state index contributed by atoms with van der Waals surface area (Å²) in [5.74, 6) is 1.27. The molecule has 5 heteroatoms. The molecule has 2 aromatic carbocycles. The molecule has 0 aromatic heterocycles. The van der Waals surface area contributed by atoms with Crippen molar-refractivity contribution in [3.8, 4) is 11.5 Å². The van der Waals surface area contributed by atoms with Crippen LogP contribution in [0.4, 0.5) is 4.39 Å². The third-order valence-corrected chi connectivity index (χ3v) is 4.06. The maximum absolute atomic E-state index is 12.8. The van der Waals surface area contributed by atoms with Crippen molar-refractivity contribution in [2.45, 2.75) is 25.8 Å². The van der Waals surface area contributed by atoms with Crippen LogP contribution in [0.5, 0.6) is 11.5 Å². The third kappa shape index (κ3) is 3.95. The summed E-state index contributed by atoms with van der Waals surface area (Å²) in [5, 5.41) is 3.76. The summed E-state index contributed by atoms with van der Waals surface area (Å²) in [6.45, 7) is 3.09. The minimum Gasteiger partial charge on any atom is -0.484 e. The normalized spacial score (nSPS) is 15.8. The zero-order chi connectivity index (χ0) is 16.2. The van der Waals surface area contributed by atoms with Gasteiger partial charge in [0.25, 0.3) is 0 Å². The molecule has 2 aromatic rings. The Labute approximate surface area is 140 Å². The highest BCUT2D eigenvalue weighted by Gasteiger charge is 2.21. The Balaban J connectivity index is 1.77. The molecule has 0 radical (unpaired) electrons. The summed E-state index contributed by atoms with van der Waals surface area (Å²) in [6, 6.07) is 12.7. The molecular weight excluding hydrogens is 317 g/mol. The number of hydrogen-bond acceptors (Lipinski definition) is 3. The Bertz CT molecular complexity index is 676. The average molecular weight is 336 g/mol. The van der Waals surface area contributed by atoms with Crippen LogP contribution in [0.15, 0.2) is 42.5 Å². The highest BCUT2D eigenvalue weighted by atomic mass is 35.5. The summed E-state index contributed by atoms with van der Waals surface area (Å²) in [5.41, 5.74) is 1.57. The molecule has 122 valence electrons. The molecule has 1 heterocycles. The van der Waals surface area contributed by atoms with Gasteiger partial charge in [0.1, 0.15) is 18.9 Å². The lowest BCUT2D eigenvalue weighted by atomic mass is 10.1. The zero-order valence-corrected chi connectivity index (χ0v) is 13.6. The van der Waals surface area contributed by atoms with Gasteiger partial charge in [-0.15, -0.1) is 0 Å². The molecule has 3 nitrogen and oxygen atoms in total. The van der Waals surface area contributed by atoms with E-state index in [1.165, 1.54) is 0 Å². The van der Waals surface area contributed by atoms with Crippen LogP contribution >= 0.6 is 11.6 Å². The van der Waals surface area contributed by atoms with E-state index in [4.69, 9.17) is 21.1 Å². The minimum atomic E-state index is -0.482. The van der Waals surface area contributed by atoms with Gasteiger partial charge in [0.2, 0.25) is 0 Å². The van der Waals surface area contributed by atoms with Crippen LogP contribution in [0.25, 0.3) is 0 Å². The molecule has 23 heavy (non-hydrogen) atoms. The van der Waals surface area contributed by atoms with Crippen LogP contribution in [0.2, 0.25) is 5.02 Å². The molecule has 1 saturated heterocycles. The van der Waals surface area contributed by atoms with Gasteiger partial charge in [-0.05, 0) is 36.2 Å². The van der Waals surface area contributed by atoms with Crippen molar-refractivity contribution in [2.24, 2.45) is 0 Å². The first kappa shape index (κ1) is 16.1. The molecule has 1 atom stereocenters. The Kier molecular flexibility index (Phi) is 5.03. The monoisotopic (exact) mass is 335 g/mol. The van der Waals surface area contributed by atoms with Crippen molar-refractivity contribution >= 4 is 11.6 Å². The zero-order valence-electron chi connectivity index (χ0n) is 12.9. The molecule has 1 aliphatic heterocycles. The Morgan fingerprint density at radius 2 is 2.04 bits per heavy atom. The van der Waals surface area contributed by atoms with Crippen LogP contribution in [-0.2, 0) is 6.67 Å². The first-order chi connectivity index (χ1) is 11.2. The van der Waals surface area contributed by atoms with Gasteiger partial charge in [0.05, 0.1) is 0 Å². The molecule has 0 amide bonds. The maximum atomic E-state index is 12.8. The Hall–Kier alpha value is -1.78. The van der Waals surface area contributed by atoms with Crippen molar-refractivity contribution in [3.05, 3.63) is 58.6 Å². The predicted octanol–water partition coefficient (Wildman–Crippen LogP) is 4.30. The number of halogens is 2. The number of ether oxygens (including phenoxy) is 2. The van der Waals surface area contributed by atoms with Gasteiger partial charge >= 0.3 is 0 Å². The summed E-state index contributed by atoms with van der Waals surface area (Å²) in [7, 11) is 0. The average Bonchev–Trinajstić information content (AvgIpc) is 2.53. The number of rotatable bonds is 6.